The smallest absolute Gasteiger partial charge is 0.223 e. The summed E-state index contributed by atoms with van der Waals surface area (Å²) in [5.74, 6) is -0.258. The summed E-state index contributed by atoms with van der Waals surface area (Å²) < 4.78 is 23.3. The van der Waals surface area contributed by atoms with Crippen LogP contribution in [0.4, 0.5) is 0 Å². The topological polar surface area (TPSA) is 64.8 Å². The molecule has 0 unspecified atom stereocenters. The molecule has 0 spiro atoms. The maximum Gasteiger partial charge on any atom is 0.236 e. The zero-order chi connectivity index (χ0) is 12.5. The summed E-state index contributed by atoms with van der Waals surface area (Å²) >= 11 is 6.02. The van der Waals surface area contributed by atoms with E-state index in [4.69, 9.17) is 22.3 Å². The molecule has 1 aromatic heterocycles. The van der Waals surface area contributed by atoms with Gasteiger partial charge < -0.3 is 0 Å². The Hall–Kier alpha value is -1.11. The molecule has 5 nitrogen and oxygen atoms in total. The van der Waals surface area contributed by atoms with Crippen molar-refractivity contribution < 1.29 is 8.42 Å². The van der Waals surface area contributed by atoms with Gasteiger partial charge in [-0.3, -0.25) is 0 Å². The number of rotatable bonds is 3. The summed E-state index contributed by atoms with van der Waals surface area (Å²) in [5.41, 5.74) is 1.15. The SMILES string of the molecule is O=S(=O)(Cl)Cc1ccc(-n2cncn2)c(Cl)c1. The minimum Gasteiger partial charge on any atom is -0.223 e. The van der Waals surface area contributed by atoms with E-state index in [9.17, 15) is 8.42 Å². The Bertz CT molecular complexity index is 626. The van der Waals surface area contributed by atoms with Crippen LogP contribution in [0, 0.1) is 0 Å². The molecule has 0 bridgehead atoms. The average Bonchev–Trinajstić information content (AvgIpc) is 2.68. The normalized spacial score (nSPS) is 11.6. The van der Waals surface area contributed by atoms with Gasteiger partial charge >= 0.3 is 0 Å². The first kappa shape index (κ1) is 12.3. The second-order valence-electron chi connectivity index (χ2n) is 3.31. The Morgan fingerprint density at radius 3 is 2.65 bits per heavy atom. The van der Waals surface area contributed by atoms with Crippen molar-refractivity contribution in [2.24, 2.45) is 0 Å². The first-order valence-corrected chi connectivity index (χ1v) is 7.37. The Morgan fingerprint density at radius 2 is 2.12 bits per heavy atom. The number of hydrogen-bond acceptors (Lipinski definition) is 4. The molecular formula is C9H7Cl2N3O2S. The van der Waals surface area contributed by atoms with E-state index in [1.807, 2.05) is 0 Å². The van der Waals surface area contributed by atoms with E-state index >= 15 is 0 Å². The monoisotopic (exact) mass is 291 g/mol. The van der Waals surface area contributed by atoms with Gasteiger partial charge in [-0.1, -0.05) is 17.7 Å². The molecule has 8 heteroatoms. The van der Waals surface area contributed by atoms with E-state index in [-0.39, 0.29) is 5.75 Å². The number of hydrogen-bond donors (Lipinski definition) is 0. The lowest BCUT2D eigenvalue weighted by Gasteiger charge is -2.05. The lowest BCUT2D eigenvalue weighted by molar-refractivity contribution is 0.609. The molecule has 0 saturated carbocycles. The van der Waals surface area contributed by atoms with Gasteiger partial charge in [-0.05, 0) is 17.7 Å². The van der Waals surface area contributed by atoms with Gasteiger partial charge in [-0.15, -0.1) is 0 Å². The second-order valence-corrected chi connectivity index (χ2v) is 6.49. The number of halogens is 2. The van der Waals surface area contributed by atoms with E-state index in [2.05, 4.69) is 10.1 Å². The molecular weight excluding hydrogens is 285 g/mol. The minimum absolute atomic E-state index is 0.258. The zero-order valence-electron chi connectivity index (χ0n) is 8.42. The van der Waals surface area contributed by atoms with Crippen LogP contribution < -0.4 is 0 Å². The van der Waals surface area contributed by atoms with Crippen LogP contribution in [0.25, 0.3) is 5.69 Å². The van der Waals surface area contributed by atoms with Crippen LogP contribution in [-0.2, 0) is 14.8 Å². The van der Waals surface area contributed by atoms with Gasteiger partial charge in [0, 0.05) is 10.7 Å². The zero-order valence-corrected chi connectivity index (χ0v) is 10.7. The number of benzene rings is 1. The van der Waals surface area contributed by atoms with Gasteiger partial charge in [0.25, 0.3) is 0 Å². The third kappa shape index (κ3) is 3.18. The molecule has 90 valence electrons. The Morgan fingerprint density at radius 1 is 1.35 bits per heavy atom. The highest BCUT2D eigenvalue weighted by Gasteiger charge is 2.10. The molecule has 0 amide bonds. The van der Waals surface area contributed by atoms with Gasteiger partial charge in [0.15, 0.2) is 0 Å². The molecule has 0 fully saturated rings. The highest BCUT2D eigenvalue weighted by molar-refractivity contribution is 8.13. The van der Waals surface area contributed by atoms with Crippen LogP contribution in [0.2, 0.25) is 5.02 Å². The summed E-state index contributed by atoms with van der Waals surface area (Å²) in [6.45, 7) is 0. The van der Waals surface area contributed by atoms with E-state index < -0.39 is 9.05 Å². The molecule has 0 aliphatic rings. The van der Waals surface area contributed by atoms with E-state index in [1.54, 1.807) is 18.2 Å². The van der Waals surface area contributed by atoms with E-state index in [1.165, 1.54) is 17.3 Å². The predicted molar refractivity (Wildman–Crippen MR) is 64.8 cm³/mol. The van der Waals surface area contributed by atoms with Crippen LogP contribution in [0.5, 0.6) is 0 Å². The van der Waals surface area contributed by atoms with Gasteiger partial charge in [0.1, 0.15) is 12.7 Å². The molecule has 0 aliphatic heterocycles. The largest absolute Gasteiger partial charge is 0.236 e. The van der Waals surface area contributed by atoms with Gasteiger partial charge in [0.2, 0.25) is 9.05 Å². The van der Waals surface area contributed by atoms with E-state index in [0.29, 0.717) is 16.3 Å². The summed E-state index contributed by atoms with van der Waals surface area (Å²) in [4.78, 5) is 3.80. The third-order valence-electron chi connectivity index (χ3n) is 2.02. The Labute approximate surface area is 107 Å². The first-order valence-electron chi connectivity index (χ1n) is 4.51. The van der Waals surface area contributed by atoms with E-state index in [0.717, 1.165) is 0 Å². The van der Waals surface area contributed by atoms with Crippen LogP contribution in [-0.4, -0.2) is 23.2 Å². The number of aromatic nitrogens is 3. The van der Waals surface area contributed by atoms with Crippen LogP contribution in [0.1, 0.15) is 5.56 Å². The Balaban J connectivity index is 2.36. The van der Waals surface area contributed by atoms with Crippen molar-refractivity contribution in [3.05, 3.63) is 41.4 Å². The third-order valence-corrected chi connectivity index (χ3v) is 3.32. The molecule has 0 atom stereocenters. The molecule has 17 heavy (non-hydrogen) atoms. The first-order chi connectivity index (χ1) is 7.96. The highest BCUT2D eigenvalue weighted by Crippen LogP contribution is 2.22. The molecule has 0 N–H and O–H groups in total. The van der Waals surface area contributed by atoms with Gasteiger partial charge in [-0.25, -0.2) is 18.1 Å². The summed E-state index contributed by atoms with van der Waals surface area (Å²) in [6, 6.07) is 4.83. The van der Waals surface area contributed by atoms with Crippen molar-refractivity contribution in [2.75, 3.05) is 0 Å². The molecule has 1 heterocycles. The lowest BCUT2D eigenvalue weighted by atomic mass is 10.2. The van der Waals surface area contributed by atoms with Crippen molar-refractivity contribution in [1.82, 2.24) is 14.8 Å². The second kappa shape index (κ2) is 4.64. The van der Waals surface area contributed by atoms with Crippen LogP contribution >= 0.6 is 22.3 Å². The fourth-order valence-corrected chi connectivity index (χ4v) is 2.60. The standard InChI is InChI=1S/C9H7Cl2N3O2S/c10-8-3-7(4-17(11,15)16)1-2-9(8)14-6-12-5-13-14/h1-3,5-6H,4H2. The maximum atomic E-state index is 10.9. The number of nitrogens with zero attached hydrogens (tertiary/aromatic N) is 3. The summed E-state index contributed by atoms with van der Waals surface area (Å²) in [6.07, 6.45) is 2.88. The summed E-state index contributed by atoms with van der Waals surface area (Å²) in [5, 5.41) is 4.31. The Kier molecular flexibility index (Phi) is 3.37. The fourth-order valence-electron chi connectivity index (χ4n) is 1.36. The van der Waals surface area contributed by atoms with Crippen molar-refractivity contribution >= 4 is 31.3 Å². The van der Waals surface area contributed by atoms with Gasteiger partial charge in [-0.2, -0.15) is 5.10 Å². The molecule has 1 aromatic carbocycles. The van der Waals surface area contributed by atoms with Crippen molar-refractivity contribution in [3.63, 3.8) is 0 Å². The molecule has 0 aliphatic carbocycles. The quantitative estimate of drug-likeness (QED) is 0.811. The predicted octanol–water partition coefficient (Wildman–Crippen LogP) is 1.99. The highest BCUT2D eigenvalue weighted by atomic mass is 35.7. The fraction of sp³-hybridized carbons (Fsp3) is 0.111. The van der Waals surface area contributed by atoms with Crippen molar-refractivity contribution in [2.45, 2.75) is 5.75 Å². The van der Waals surface area contributed by atoms with Crippen molar-refractivity contribution in [3.8, 4) is 5.69 Å². The summed E-state index contributed by atoms with van der Waals surface area (Å²) in [7, 11) is 1.58. The van der Waals surface area contributed by atoms with Crippen LogP contribution in [0.15, 0.2) is 30.9 Å². The van der Waals surface area contributed by atoms with Gasteiger partial charge in [0.05, 0.1) is 16.5 Å². The maximum absolute atomic E-state index is 10.9. The molecule has 2 aromatic rings. The minimum atomic E-state index is -3.58. The lowest BCUT2D eigenvalue weighted by Crippen LogP contribution is -1.99. The van der Waals surface area contributed by atoms with Crippen molar-refractivity contribution in [1.29, 1.82) is 0 Å². The molecule has 2 rings (SSSR count). The van der Waals surface area contributed by atoms with Crippen LogP contribution in [0.3, 0.4) is 0 Å². The molecule has 0 radical (unpaired) electrons. The average molecular weight is 292 g/mol. The molecule has 0 saturated heterocycles.